The molecular formula is C22H29N3O4S. The molecule has 1 N–H and O–H groups in total. The van der Waals surface area contributed by atoms with Gasteiger partial charge in [0.2, 0.25) is 10.0 Å². The van der Waals surface area contributed by atoms with Gasteiger partial charge in [0.1, 0.15) is 5.75 Å². The van der Waals surface area contributed by atoms with E-state index in [1.807, 2.05) is 56.3 Å². The second-order valence-electron chi connectivity index (χ2n) is 7.75. The van der Waals surface area contributed by atoms with E-state index >= 15 is 0 Å². The summed E-state index contributed by atoms with van der Waals surface area (Å²) < 4.78 is 31.7. The number of likely N-dealkylation sites (N-methyl/N-ethyl adjacent to an activating group) is 1. The lowest BCUT2D eigenvalue weighted by Gasteiger charge is -2.43. The van der Waals surface area contributed by atoms with E-state index in [1.54, 1.807) is 12.0 Å². The first kappa shape index (κ1) is 22.1. The number of ether oxygens (including phenoxy) is 1. The molecule has 1 aliphatic heterocycles. The Bertz CT molecular complexity index is 1040. The van der Waals surface area contributed by atoms with Crippen LogP contribution in [0.4, 0.5) is 4.79 Å². The highest BCUT2D eigenvalue weighted by molar-refractivity contribution is 7.88. The van der Waals surface area contributed by atoms with Crippen LogP contribution in [0, 0.1) is 13.8 Å². The molecule has 2 amide bonds. The van der Waals surface area contributed by atoms with E-state index in [2.05, 4.69) is 5.32 Å². The van der Waals surface area contributed by atoms with Crippen LogP contribution in [0.2, 0.25) is 0 Å². The minimum Gasteiger partial charge on any atom is -0.497 e. The average Bonchev–Trinajstić information content (AvgIpc) is 3.04. The predicted octanol–water partition coefficient (Wildman–Crippen LogP) is 2.62. The monoisotopic (exact) mass is 431 g/mol. The summed E-state index contributed by atoms with van der Waals surface area (Å²) in [5, 5.41) is 2.86. The number of hydrogen-bond acceptors (Lipinski definition) is 4. The normalized spacial score (nSPS) is 19.3. The molecule has 0 aliphatic carbocycles. The Balaban J connectivity index is 2.02. The van der Waals surface area contributed by atoms with Gasteiger partial charge in [-0.25, -0.2) is 13.2 Å². The van der Waals surface area contributed by atoms with Gasteiger partial charge in [-0.1, -0.05) is 30.3 Å². The number of carbonyl (C=O) groups is 1. The van der Waals surface area contributed by atoms with Crippen LogP contribution in [0.5, 0.6) is 5.75 Å². The van der Waals surface area contributed by atoms with E-state index < -0.39 is 15.7 Å². The zero-order valence-corrected chi connectivity index (χ0v) is 18.9. The second-order valence-corrected chi connectivity index (χ2v) is 9.77. The Kier molecular flexibility index (Phi) is 6.10. The summed E-state index contributed by atoms with van der Waals surface area (Å²) >= 11 is 0. The number of methoxy groups -OCH3 is 1. The highest BCUT2D eigenvalue weighted by Crippen LogP contribution is 2.37. The van der Waals surface area contributed by atoms with Gasteiger partial charge in [-0.2, -0.15) is 4.31 Å². The maximum Gasteiger partial charge on any atom is 0.319 e. The Labute approximate surface area is 178 Å². The smallest absolute Gasteiger partial charge is 0.319 e. The predicted molar refractivity (Wildman–Crippen MR) is 117 cm³/mol. The van der Waals surface area contributed by atoms with E-state index in [0.717, 1.165) is 28.0 Å². The van der Waals surface area contributed by atoms with Crippen LogP contribution in [-0.2, 0) is 22.1 Å². The Hall–Kier alpha value is -2.58. The van der Waals surface area contributed by atoms with Crippen molar-refractivity contribution in [3.05, 3.63) is 64.7 Å². The number of benzene rings is 2. The van der Waals surface area contributed by atoms with Gasteiger partial charge < -0.3 is 10.1 Å². The molecule has 8 heteroatoms. The molecule has 0 spiro atoms. The number of nitrogens with one attached hydrogen (secondary N) is 1. The van der Waals surface area contributed by atoms with E-state index in [9.17, 15) is 13.2 Å². The standard InChI is InChI=1S/C22H29N3O4S/c1-16-6-9-19(14-17(16)2)22(24(3)30(5,27)28)15-23-21(26)25(22)13-12-18-7-10-20(29-4)11-8-18/h6-11,14H,12-13,15H2,1-5H3,(H,23,26). The zero-order valence-electron chi connectivity index (χ0n) is 18.1. The van der Waals surface area contributed by atoms with Crippen LogP contribution < -0.4 is 10.1 Å². The van der Waals surface area contributed by atoms with Gasteiger partial charge in [0.05, 0.1) is 19.9 Å². The van der Waals surface area contributed by atoms with Gasteiger partial charge in [-0.3, -0.25) is 4.90 Å². The molecule has 30 heavy (non-hydrogen) atoms. The van der Waals surface area contributed by atoms with Crippen LogP contribution in [0.1, 0.15) is 22.3 Å². The summed E-state index contributed by atoms with van der Waals surface area (Å²) in [6, 6.07) is 13.2. The van der Waals surface area contributed by atoms with Gasteiger partial charge in [0, 0.05) is 13.6 Å². The zero-order chi connectivity index (χ0) is 22.1. The van der Waals surface area contributed by atoms with Crippen LogP contribution >= 0.6 is 0 Å². The highest BCUT2D eigenvalue weighted by atomic mass is 32.2. The van der Waals surface area contributed by atoms with Crippen molar-refractivity contribution in [3.8, 4) is 5.75 Å². The Morgan fingerprint density at radius 2 is 1.80 bits per heavy atom. The van der Waals surface area contributed by atoms with E-state index in [4.69, 9.17) is 4.74 Å². The summed E-state index contributed by atoms with van der Waals surface area (Å²) in [6.07, 6.45) is 1.75. The fourth-order valence-electron chi connectivity index (χ4n) is 3.86. The molecule has 1 atom stereocenters. The molecule has 0 radical (unpaired) electrons. The largest absolute Gasteiger partial charge is 0.497 e. The van der Waals surface area contributed by atoms with Gasteiger partial charge in [0.15, 0.2) is 5.66 Å². The summed E-state index contributed by atoms with van der Waals surface area (Å²) in [6.45, 7) is 4.54. The van der Waals surface area contributed by atoms with E-state index in [1.165, 1.54) is 17.6 Å². The van der Waals surface area contributed by atoms with Crippen molar-refractivity contribution in [1.82, 2.24) is 14.5 Å². The molecule has 1 saturated heterocycles. The number of aryl methyl sites for hydroxylation is 2. The van der Waals surface area contributed by atoms with Crippen molar-refractivity contribution in [1.29, 1.82) is 0 Å². The number of carbonyl (C=O) groups excluding carboxylic acids is 1. The Morgan fingerprint density at radius 1 is 1.13 bits per heavy atom. The first-order chi connectivity index (χ1) is 14.1. The molecule has 3 rings (SSSR count). The number of sulfonamides is 1. The summed E-state index contributed by atoms with van der Waals surface area (Å²) in [7, 11) is -0.435. The molecule has 7 nitrogen and oxygen atoms in total. The van der Waals surface area contributed by atoms with Crippen LogP contribution in [0.15, 0.2) is 42.5 Å². The van der Waals surface area contributed by atoms with Gasteiger partial charge in [0.25, 0.3) is 0 Å². The third-order valence-corrected chi connectivity index (χ3v) is 7.25. The minimum absolute atomic E-state index is 0.181. The van der Waals surface area contributed by atoms with Gasteiger partial charge in [-0.05, 0) is 54.7 Å². The third-order valence-electron chi connectivity index (χ3n) is 5.95. The fourth-order valence-corrected chi connectivity index (χ4v) is 4.68. The first-order valence-corrected chi connectivity index (χ1v) is 11.6. The van der Waals surface area contributed by atoms with Crippen molar-refractivity contribution >= 4 is 16.1 Å². The fraction of sp³-hybridized carbons (Fsp3) is 0.409. The molecule has 1 fully saturated rings. The lowest BCUT2D eigenvalue weighted by molar-refractivity contribution is 0.0688. The maximum atomic E-state index is 12.8. The second kappa shape index (κ2) is 8.28. The highest BCUT2D eigenvalue weighted by Gasteiger charge is 2.52. The number of nitrogens with zero attached hydrogens (tertiary/aromatic N) is 2. The molecule has 1 unspecified atom stereocenters. The van der Waals surface area contributed by atoms with Crippen molar-refractivity contribution < 1.29 is 17.9 Å². The lowest BCUT2D eigenvalue weighted by atomic mass is 9.94. The summed E-state index contributed by atoms with van der Waals surface area (Å²) in [5.74, 6) is 0.763. The van der Waals surface area contributed by atoms with Crippen LogP contribution in [0.25, 0.3) is 0 Å². The molecular weight excluding hydrogens is 402 g/mol. The van der Waals surface area contributed by atoms with E-state index in [-0.39, 0.29) is 12.6 Å². The quantitative estimate of drug-likeness (QED) is 0.731. The maximum absolute atomic E-state index is 12.8. The molecule has 2 aromatic rings. The third kappa shape index (κ3) is 4.02. The molecule has 1 heterocycles. The molecule has 1 aliphatic rings. The molecule has 0 saturated carbocycles. The number of urea groups is 1. The topological polar surface area (TPSA) is 79.0 Å². The van der Waals surface area contributed by atoms with Gasteiger partial charge in [-0.15, -0.1) is 0 Å². The first-order valence-electron chi connectivity index (χ1n) is 9.79. The molecule has 0 aromatic heterocycles. The summed E-state index contributed by atoms with van der Waals surface area (Å²) in [5.41, 5.74) is 2.83. The molecule has 2 aromatic carbocycles. The SMILES string of the molecule is COc1ccc(CCN2C(=O)NCC2(c2ccc(C)c(C)c2)N(C)S(C)(=O)=O)cc1. The van der Waals surface area contributed by atoms with Crippen LogP contribution in [0.3, 0.4) is 0 Å². The molecule has 0 bridgehead atoms. The average molecular weight is 432 g/mol. The number of amides is 2. The summed E-state index contributed by atoms with van der Waals surface area (Å²) in [4.78, 5) is 14.5. The van der Waals surface area contributed by atoms with Crippen LogP contribution in [-0.4, -0.2) is 57.2 Å². The van der Waals surface area contributed by atoms with E-state index in [0.29, 0.717) is 13.0 Å². The van der Waals surface area contributed by atoms with Crippen molar-refractivity contribution in [2.24, 2.45) is 0 Å². The Morgan fingerprint density at radius 3 is 2.37 bits per heavy atom. The minimum atomic E-state index is -3.58. The van der Waals surface area contributed by atoms with Gasteiger partial charge >= 0.3 is 6.03 Å². The molecule has 162 valence electrons. The van der Waals surface area contributed by atoms with Crippen molar-refractivity contribution in [2.45, 2.75) is 25.9 Å². The number of hydrogen-bond donors (Lipinski definition) is 1. The lowest BCUT2D eigenvalue weighted by Crippen LogP contribution is -2.58. The number of rotatable bonds is 7. The van der Waals surface area contributed by atoms with Crippen molar-refractivity contribution in [3.63, 3.8) is 0 Å². The van der Waals surface area contributed by atoms with Crippen molar-refractivity contribution in [2.75, 3.05) is 33.5 Å².